The molecule has 0 fully saturated rings. The highest BCUT2D eigenvalue weighted by atomic mass is 16.2. The van der Waals surface area contributed by atoms with Crippen LogP contribution in [0.5, 0.6) is 0 Å². The third-order valence-corrected chi connectivity index (χ3v) is 3.70. The molecule has 0 aliphatic heterocycles. The Kier molecular flexibility index (Phi) is 4.72. The molecule has 0 bridgehead atoms. The highest BCUT2D eigenvalue weighted by Crippen LogP contribution is 2.29. The average Bonchev–Trinajstić information content (AvgIpc) is 2.36. The van der Waals surface area contributed by atoms with E-state index in [1.807, 2.05) is 6.07 Å². The molecule has 0 aliphatic rings. The average molecular weight is 258 g/mol. The predicted molar refractivity (Wildman–Crippen MR) is 77.8 cm³/mol. The summed E-state index contributed by atoms with van der Waals surface area (Å²) >= 11 is 0. The molecule has 0 heterocycles. The predicted octanol–water partition coefficient (Wildman–Crippen LogP) is 3.59. The lowest BCUT2D eigenvalue weighted by atomic mass is 9.80. The first-order chi connectivity index (χ1) is 8.75. The second-order valence-electron chi connectivity index (χ2n) is 6.09. The molecule has 0 spiro atoms. The van der Waals surface area contributed by atoms with E-state index >= 15 is 0 Å². The van der Waals surface area contributed by atoms with Crippen LogP contribution in [-0.2, 0) is 4.79 Å². The zero-order valence-electron chi connectivity index (χ0n) is 12.4. The number of carbonyl (C=O) groups excluding carboxylic acids is 1. The fourth-order valence-corrected chi connectivity index (χ4v) is 1.63. The van der Waals surface area contributed by atoms with Gasteiger partial charge in [-0.25, -0.2) is 0 Å². The van der Waals surface area contributed by atoms with Gasteiger partial charge < -0.3 is 4.90 Å². The summed E-state index contributed by atoms with van der Waals surface area (Å²) < 4.78 is 0. The second kappa shape index (κ2) is 5.88. The lowest BCUT2D eigenvalue weighted by Crippen LogP contribution is -2.31. The Morgan fingerprint density at radius 2 is 2.05 bits per heavy atom. The Morgan fingerprint density at radius 1 is 1.42 bits per heavy atom. The number of amides is 1. The van der Waals surface area contributed by atoms with Crippen LogP contribution in [-0.4, -0.2) is 13.0 Å². The number of anilines is 1. The Balaban J connectivity index is 2.80. The molecule has 0 aromatic heterocycles. The number of benzene rings is 1. The molecule has 102 valence electrons. The Hall–Kier alpha value is -1.82. The maximum absolute atomic E-state index is 12.2. The molecule has 1 aromatic rings. The van der Waals surface area contributed by atoms with Gasteiger partial charge in [0, 0.05) is 19.2 Å². The lowest BCUT2D eigenvalue weighted by Gasteiger charge is -2.28. The molecule has 3 nitrogen and oxygen atoms in total. The first-order valence-electron chi connectivity index (χ1n) is 6.52. The molecular formula is C16H22N2O. The van der Waals surface area contributed by atoms with Gasteiger partial charge in [-0.15, -0.1) is 0 Å². The number of hydrogen-bond acceptors (Lipinski definition) is 2. The summed E-state index contributed by atoms with van der Waals surface area (Å²) in [6, 6.07) is 9.20. The van der Waals surface area contributed by atoms with Crippen LogP contribution < -0.4 is 4.90 Å². The number of rotatable bonds is 3. The monoisotopic (exact) mass is 258 g/mol. The topological polar surface area (TPSA) is 44.1 Å². The van der Waals surface area contributed by atoms with Gasteiger partial charge >= 0.3 is 0 Å². The fourth-order valence-electron chi connectivity index (χ4n) is 1.63. The SMILES string of the molecule is CC(CC(=O)N(C)c1cccc(C#N)c1)C(C)(C)C. The summed E-state index contributed by atoms with van der Waals surface area (Å²) in [5.74, 6) is 0.388. The lowest BCUT2D eigenvalue weighted by molar-refractivity contribution is -0.119. The van der Waals surface area contributed by atoms with Gasteiger partial charge in [-0.2, -0.15) is 5.26 Å². The van der Waals surface area contributed by atoms with Crippen molar-refractivity contribution in [1.29, 1.82) is 5.26 Å². The molecule has 0 saturated heterocycles. The van der Waals surface area contributed by atoms with Crippen molar-refractivity contribution in [1.82, 2.24) is 0 Å². The van der Waals surface area contributed by atoms with Crippen molar-refractivity contribution >= 4 is 11.6 Å². The van der Waals surface area contributed by atoms with E-state index in [1.54, 1.807) is 30.1 Å². The number of hydrogen-bond donors (Lipinski definition) is 0. The van der Waals surface area contributed by atoms with Crippen LogP contribution in [0.4, 0.5) is 5.69 Å². The Bertz CT molecular complexity index is 494. The minimum absolute atomic E-state index is 0.0810. The molecule has 1 unspecified atom stereocenters. The van der Waals surface area contributed by atoms with Gasteiger partial charge in [0.15, 0.2) is 0 Å². The molecule has 19 heavy (non-hydrogen) atoms. The molecule has 1 rings (SSSR count). The Labute approximate surface area is 115 Å². The molecule has 0 radical (unpaired) electrons. The van der Waals surface area contributed by atoms with Gasteiger partial charge in [-0.3, -0.25) is 4.79 Å². The zero-order valence-corrected chi connectivity index (χ0v) is 12.4. The maximum atomic E-state index is 12.2. The highest BCUT2D eigenvalue weighted by molar-refractivity contribution is 5.93. The summed E-state index contributed by atoms with van der Waals surface area (Å²) in [6.07, 6.45) is 0.511. The van der Waals surface area contributed by atoms with E-state index in [0.717, 1.165) is 5.69 Å². The van der Waals surface area contributed by atoms with Gasteiger partial charge in [0.05, 0.1) is 11.6 Å². The van der Waals surface area contributed by atoms with Crippen LogP contribution in [0.2, 0.25) is 0 Å². The summed E-state index contributed by atoms with van der Waals surface area (Å²) in [7, 11) is 1.76. The van der Waals surface area contributed by atoms with Crippen molar-refractivity contribution < 1.29 is 4.79 Å². The van der Waals surface area contributed by atoms with Gasteiger partial charge in [-0.1, -0.05) is 33.8 Å². The van der Waals surface area contributed by atoms with Gasteiger partial charge in [0.2, 0.25) is 5.91 Å². The molecule has 3 heteroatoms. The van der Waals surface area contributed by atoms with E-state index in [1.165, 1.54) is 0 Å². The minimum Gasteiger partial charge on any atom is -0.315 e. The van der Waals surface area contributed by atoms with Crippen LogP contribution >= 0.6 is 0 Å². The largest absolute Gasteiger partial charge is 0.315 e. The van der Waals surface area contributed by atoms with E-state index < -0.39 is 0 Å². The molecule has 1 aromatic carbocycles. The van der Waals surface area contributed by atoms with Crippen LogP contribution in [0.25, 0.3) is 0 Å². The number of nitriles is 1. The van der Waals surface area contributed by atoms with E-state index in [4.69, 9.17) is 5.26 Å². The third-order valence-electron chi connectivity index (χ3n) is 3.70. The van der Waals surface area contributed by atoms with Gasteiger partial charge in [0.1, 0.15) is 0 Å². The quantitative estimate of drug-likeness (QED) is 0.831. The van der Waals surface area contributed by atoms with E-state index in [9.17, 15) is 4.79 Å². The molecule has 1 amide bonds. The summed E-state index contributed by atoms with van der Waals surface area (Å²) in [4.78, 5) is 13.9. The second-order valence-corrected chi connectivity index (χ2v) is 6.09. The fraction of sp³-hybridized carbons (Fsp3) is 0.500. The van der Waals surface area contributed by atoms with E-state index in [-0.39, 0.29) is 11.3 Å². The number of carbonyl (C=O) groups is 1. The highest BCUT2D eigenvalue weighted by Gasteiger charge is 2.24. The molecule has 1 atom stereocenters. The van der Waals surface area contributed by atoms with Crippen molar-refractivity contribution in [3.05, 3.63) is 29.8 Å². The third kappa shape index (κ3) is 4.10. The van der Waals surface area contributed by atoms with Crippen LogP contribution in [0.1, 0.15) is 39.7 Å². The van der Waals surface area contributed by atoms with Crippen LogP contribution in [0.3, 0.4) is 0 Å². The maximum Gasteiger partial charge on any atom is 0.227 e. The number of nitrogens with zero attached hydrogens (tertiary/aromatic N) is 2. The van der Waals surface area contributed by atoms with Crippen molar-refractivity contribution in [3.8, 4) is 6.07 Å². The summed E-state index contributed by atoms with van der Waals surface area (Å²) in [5, 5.41) is 8.88. The first kappa shape index (κ1) is 15.2. The summed E-state index contributed by atoms with van der Waals surface area (Å²) in [6.45, 7) is 8.52. The minimum atomic E-state index is 0.0810. The zero-order chi connectivity index (χ0) is 14.6. The molecule has 0 aliphatic carbocycles. The van der Waals surface area contributed by atoms with Gasteiger partial charge in [0.25, 0.3) is 0 Å². The molecule has 0 N–H and O–H groups in total. The van der Waals surface area contributed by atoms with Crippen LogP contribution in [0.15, 0.2) is 24.3 Å². The smallest absolute Gasteiger partial charge is 0.227 e. The van der Waals surface area contributed by atoms with E-state index in [2.05, 4.69) is 33.8 Å². The van der Waals surface area contributed by atoms with E-state index in [0.29, 0.717) is 17.9 Å². The van der Waals surface area contributed by atoms with Crippen molar-refractivity contribution in [3.63, 3.8) is 0 Å². The van der Waals surface area contributed by atoms with Crippen molar-refractivity contribution in [2.75, 3.05) is 11.9 Å². The standard InChI is InChI=1S/C16H22N2O/c1-12(16(2,3)4)9-15(19)18(5)14-8-6-7-13(10-14)11-17/h6-8,10,12H,9H2,1-5H3. The van der Waals surface area contributed by atoms with Gasteiger partial charge in [-0.05, 0) is 29.5 Å². The van der Waals surface area contributed by atoms with Crippen molar-refractivity contribution in [2.24, 2.45) is 11.3 Å². The van der Waals surface area contributed by atoms with Crippen LogP contribution in [0, 0.1) is 22.7 Å². The normalized spacial score (nSPS) is 12.6. The van der Waals surface area contributed by atoms with Crippen molar-refractivity contribution in [2.45, 2.75) is 34.1 Å². The summed E-state index contributed by atoms with van der Waals surface area (Å²) in [5.41, 5.74) is 1.46. The molecule has 0 saturated carbocycles. The molecular weight excluding hydrogens is 236 g/mol. The first-order valence-corrected chi connectivity index (χ1v) is 6.52. The Morgan fingerprint density at radius 3 is 2.58 bits per heavy atom.